The largest absolute Gasteiger partial charge is 0.478 e. The van der Waals surface area contributed by atoms with Crippen molar-refractivity contribution in [1.82, 2.24) is 20.1 Å². The number of rotatable bonds is 6. The van der Waals surface area contributed by atoms with E-state index in [9.17, 15) is 19.5 Å². The summed E-state index contributed by atoms with van der Waals surface area (Å²) < 4.78 is 12.5. The number of ether oxygens (including phenoxy) is 1. The van der Waals surface area contributed by atoms with Crippen molar-refractivity contribution in [3.05, 3.63) is 69.8 Å². The van der Waals surface area contributed by atoms with Crippen LogP contribution in [0.15, 0.2) is 51.7 Å². The van der Waals surface area contributed by atoms with E-state index in [2.05, 4.69) is 15.5 Å². The van der Waals surface area contributed by atoms with Crippen LogP contribution in [0.3, 0.4) is 0 Å². The molecule has 0 aliphatic carbocycles. The fourth-order valence-corrected chi connectivity index (χ4v) is 3.22. The second-order valence-corrected chi connectivity index (χ2v) is 8.87. The molecule has 1 aromatic carbocycles. The van der Waals surface area contributed by atoms with Gasteiger partial charge in [0.1, 0.15) is 16.8 Å². The Morgan fingerprint density at radius 2 is 1.79 bits per heavy atom. The zero-order valence-corrected chi connectivity index (χ0v) is 19.1. The molecule has 1 amide bonds. The van der Waals surface area contributed by atoms with E-state index in [-0.39, 0.29) is 23.0 Å². The van der Waals surface area contributed by atoms with Crippen molar-refractivity contribution in [2.24, 2.45) is 7.05 Å². The van der Waals surface area contributed by atoms with Crippen molar-refractivity contribution in [3.8, 4) is 11.6 Å². The first kappa shape index (κ1) is 23.7. The van der Waals surface area contributed by atoms with Crippen LogP contribution in [-0.2, 0) is 23.7 Å². The lowest BCUT2D eigenvalue weighted by Crippen LogP contribution is -2.47. The number of hydrogen-bond donors (Lipinski definition) is 2. The molecule has 33 heavy (non-hydrogen) atoms. The SMILES string of the molecule is Cn1c(-c2nnc([C@@](C)(Cc3ccccc3)NC(=O)OC(C)(C)C)o2)cc(C(=O)O)cc1=O. The number of carboxylic acids is 1. The topological polar surface area (TPSA) is 137 Å². The highest BCUT2D eigenvalue weighted by molar-refractivity contribution is 5.88. The van der Waals surface area contributed by atoms with Gasteiger partial charge in [-0.2, -0.15) is 0 Å². The summed E-state index contributed by atoms with van der Waals surface area (Å²) in [6.07, 6.45) is -0.357. The van der Waals surface area contributed by atoms with E-state index in [4.69, 9.17) is 9.15 Å². The number of hydrogen-bond acceptors (Lipinski definition) is 7. The minimum atomic E-state index is -1.26. The third-order valence-corrected chi connectivity index (χ3v) is 4.80. The van der Waals surface area contributed by atoms with Crippen molar-refractivity contribution in [3.63, 3.8) is 0 Å². The van der Waals surface area contributed by atoms with E-state index in [0.29, 0.717) is 6.42 Å². The minimum absolute atomic E-state index is 0.0574. The summed E-state index contributed by atoms with van der Waals surface area (Å²) in [5.74, 6) is -1.24. The Hall–Kier alpha value is -3.95. The van der Waals surface area contributed by atoms with Crippen LogP contribution in [0.2, 0.25) is 0 Å². The summed E-state index contributed by atoms with van der Waals surface area (Å²) >= 11 is 0. The van der Waals surface area contributed by atoms with Gasteiger partial charge in [-0.15, -0.1) is 10.2 Å². The molecule has 0 aliphatic heterocycles. The van der Waals surface area contributed by atoms with Gasteiger partial charge in [-0.3, -0.25) is 4.79 Å². The first-order valence-electron chi connectivity index (χ1n) is 10.2. The van der Waals surface area contributed by atoms with Gasteiger partial charge in [0, 0.05) is 19.5 Å². The molecule has 2 aromatic heterocycles. The molecule has 0 aliphatic rings. The Kier molecular flexibility index (Phi) is 6.39. The zero-order valence-electron chi connectivity index (χ0n) is 19.1. The Bertz CT molecular complexity index is 1230. The maximum absolute atomic E-state index is 12.6. The Morgan fingerprint density at radius 1 is 1.12 bits per heavy atom. The molecule has 0 saturated carbocycles. The van der Waals surface area contributed by atoms with Crippen LogP contribution in [0.25, 0.3) is 11.6 Å². The smallest absolute Gasteiger partial charge is 0.408 e. The summed E-state index contributed by atoms with van der Waals surface area (Å²) in [6, 6.07) is 11.7. The first-order chi connectivity index (χ1) is 15.4. The fourth-order valence-electron chi connectivity index (χ4n) is 3.22. The number of nitrogens with one attached hydrogen (secondary N) is 1. The van der Waals surface area contributed by atoms with E-state index in [1.54, 1.807) is 27.7 Å². The van der Waals surface area contributed by atoms with Crippen LogP contribution in [0.1, 0.15) is 49.5 Å². The number of alkyl carbamates (subject to hydrolysis) is 1. The lowest BCUT2D eigenvalue weighted by Gasteiger charge is -2.29. The van der Waals surface area contributed by atoms with Crippen molar-refractivity contribution < 1.29 is 23.8 Å². The molecular formula is C23H26N4O6. The molecule has 0 unspecified atom stereocenters. The molecule has 1 atom stereocenters. The lowest BCUT2D eigenvalue weighted by molar-refractivity contribution is 0.0443. The molecule has 3 aromatic rings. The Labute approximate surface area is 190 Å². The van der Waals surface area contributed by atoms with Crippen molar-refractivity contribution in [2.75, 3.05) is 0 Å². The average molecular weight is 454 g/mol. The number of carboxylic acid groups (broad SMARTS) is 1. The van der Waals surface area contributed by atoms with E-state index in [1.165, 1.54) is 17.7 Å². The fraction of sp³-hybridized carbons (Fsp3) is 0.348. The highest BCUT2D eigenvalue weighted by Gasteiger charge is 2.37. The van der Waals surface area contributed by atoms with Crippen LogP contribution in [0, 0.1) is 0 Å². The van der Waals surface area contributed by atoms with Crippen LogP contribution in [0.5, 0.6) is 0 Å². The van der Waals surface area contributed by atoms with Gasteiger partial charge in [0.2, 0.25) is 5.89 Å². The van der Waals surface area contributed by atoms with E-state index < -0.39 is 28.8 Å². The highest BCUT2D eigenvalue weighted by Crippen LogP contribution is 2.28. The van der Waals surface area contributed by atoms with Crippen molar-refractivity contribution in [2.45, 2.75) is 45.3 Å². The number of amides is 1. The molecule has 0 spiro atoms. The summed E-state index contributed by atoms with van der Waals surface area (Å²) in [7, 11) is 1.47. The number of nitrogens with zero attached hydrogens (tertiary/aromatic N) is 3. The molecule has 0 radical (unpaired) electrons. The van der Waals surface area contributed by atoms with E-state index >= 15 is 0 Å². The van der Waals surface area contributed by atoms with Crippen molar-refractivity contribution >= 4 is 12.1 Å². The third-order valence-electron chi connectivity index (χ3n) is 4.80. The molecule has 0 bridgehead atoms. The standard InChI is InChI=1S/C23H26N4O6/c1-22(2,3)33-21(31)24-23(4,13-14-9-7-6-8-10-14)20-26-25-18(32-20)16-11-15(19(29)30)12-17(28)27(16)5/h6-12H,13H2,1-5H3,(H,24,31)(H,29,30)/t23-/m1/s1. The Morgan fingerprint density at radius 3 is 2.39 bits per heavy atom. The molecule has 174 valence electrons. The van der Waals surface area contributed by atoms with Crippen LogP contribution >= 0.6 is 0 Å². The number of aromatic nitrogens is 3. The molecular weight excluding hydrogens is 428 g/mol. The molecule has 10 heteroatoms. The number of carbonyl (C=O) groups excluding carboxylic acids is 1. The average Bonchev–Trinajstić information content (AvgIpc) is 3.19. The van der Waals surface area contributed by atoms with Gasteiger partial charge in [-0.1, -0.05) is 30.3 Å². The summed E-state index contributed by atoms with van der Waals surface area (Å²) in [6.45, 7) is 6.97. The predicted molar refractivity (Wildman–Crippen MR) is 119 cm³/mol. The lowest BCUT2D eigenvalue weighted by atomic mass is 9.92. The molecule has 10 nitrogen and oxygen atoms in total. The quantitative estimate of drug-likeness (QED) is 0.580. The third kappa shape index (κ3) is 5.65. The normalized spacial score (nSPS) is 13.2. The second-order valence-electron chi connectivity index (χ2n) is 8.87. The molecule has 0 saturated heterocycles. The number of carbonyl (C=O) groups is 2. The molecule has 0 fully saturated rings. The predicted octanol–water partition coefficient (Wildman–Crippen LogP) is 3.12. The maximum atomic E-state index is 12.6. The van der Waals surface area contributed by atoms with E-state index in [0.717, 1.165) is 11.6 Å². The van der Waals surface area contributed by atoms with Gasteiger partial charge < -0.3 is 24.1 Å². The number of aromatic carboxylic acids is 1. The molecule has 3 rings (SSSR count). The number of benzene rings is 1. The van der Waals surface area contributed by atoms with Crippen LogP contribution < -0.4 is 10.9 Å². The monoisotopic (exact) mass is 454 g/mol. The minimum Gasteiger partial charge on any atom is -0.478 e. The van der Waals surface area contributed by atoms with Crippen molar-refractivity contribution in [1.29, 1.82) is 0 Å². The second kappa shape index (κ2) is 8.89. The summed E-state index contributed by atoms with van der Waals surface area (Å²) in [4.78, 5) is 36.2. The molecule has 2 N–H and O–H groups in total. The van der Waals surface area contributed by atoms with Gasteiger partial charge in [-0.05, 0) is 39.3 Å². The van der Waals surface area contributed by atoms with Crippen LogP contribution in [-0.4, -0.2) is 37.5 Å². The van der Waals surface area contributed by atoms with Crippen LogP contribution in [0.4, 0.5) is 4.79 Å². The Balaban J connectivity index is 2.03. The van der Waals surface area contributed by atoms with E-state index in [1.807, 2.05) is 30.3 Å². The van der Waals surface area contributed by atoms with Gasteiger partial charge in [-0.25, -0.2) is 9.59 Å². The molecule has 2 heterocycles. The maximum Gasteiger partial charge on any atom is 0.408 e. The summed E-state index contributed by atoms with van der Waals surface area (Å²) in [5, 5.41) is 20.2. The number of pyridine rings is 1. The first-order valence-corrected chi connectivity index (χ1v) is 10.2. The summed E-state index contributed by atoms with van der Waals surface area (Å²) in [5.41, 5.74) is -1.57. The highest BCUT2D eigenvalue weighted by atomic mass is 16.6. The van der Waals surface area contributed by atoms with Gasteiger partial charge >= 0.3 is 12.1 Å². The van der Waals surface area contributed by atoms with Gasteiger partial charge in [0.05, 0.1) is 5.56 Å². The zero-order chi connectivity index (χ0) is 24.4. The van der Waals surface area contributed by atoms with Gasteiger partial charge in [0.15, 0.2) is 0 Å². The van der Waals surface area contributed by atoms with Gasteiger partial charge in [0.25, 0.3) is 11.4 Å².